The van der Waals surface area contributed by atoms with Crippen molar-refractivity contribution in [2.75, 3.05) is 0 Å². The highest BCUT2D eigenvalue weighted by molar-refractivity contribution is 4.88. The molecule has 1 unspecified atom stereocenters. The van der Waals surface area contributed by atoms with E-state index in [1.807, 2.05) is 25.1 Å². The summed E-state index contributed by atoms with van der Waals surface area (Å²) in [6.45, 7) is 4.11. The molecule has 0 spiro atoms. The second-order valence-electron chi connectivity index (χ2n) is 3.20. The number of aromatic nitrogens is 1. The summed E-state index contributed by atoms with van der Waals surface area (Å²) in [6, 6.07) is 7.92. The van der Waals surface area contributed by atoms with Crippen LogP contribution in [0.3, 0.4) is 0 Å². The number of unbranched alkanes of at least 4 members (excludes halogenated alkanes) is 1. The predicted octanol–water partition coefficient (Wildman–Crippen LogP) is 3.42. The van der Waals surface area contributed by atoms with Crippen molar-refractivity contribution >= 4 is 0 Å². The van der Waals surface area contributed by atoms with Crippen LogP contribution in [0.15, 0.2) is 30.6 Å². The molecule has 2 nitrogen and oxygen atoms in total. The van der Waals surface area contributed by atoms with Gasteiger partial charge in [0.1, 0.15) is 0 Å². The number of nitriles is 1. The molecule has 0 radical (unpaired) electrons. The minimum absolute atomic E-state index is 0.259. The van der Waals surface area contributed by atoms with Crippen LogP contribution >= 0.6 is 0 Å². The van der Waals surface area contributed by atoms with Gasteiger partial charge in [-0.1, -0.05) is 25.8 Å². The second-order valence-corrected chi connectivity index (χ2v) is 3.20. The lowest BCUT2D eigenvalue weighted by Gasteiger charge is -1.96. The zero-order chi connectivity index (χ0) is 10.6. The van der Waals surface area contributed by atoms with Crippen molar-refractivity contribution in [1.82, 2.24) is 4.98 Å². The maximum Gasteiger partial charge on any atom is 0.0652 e. The first-order chi connectivity index (χ1) is 6.81. The topological polar surface area (TPSA) is 36.7 Å². The quantitative estimate of drug-likeness (QED) is 0.732. The van der Waals surface area contributed by atoms with Gasteiger partial charge in [0.15, 0.2) is 0 Å². The lowest BCUT2D eigenvalue weighted by molar-refractivity contribution is 0.608. The van der Waals surface area contributed by atoms with Crippen LogP contribution < -0.4 is 0 Å². The Kier molecular flexibility index (Phi) is 8.78. The van der Waals surface area contributed by atoms with E-state index in [0.717, 1.165) is 6.42 Å². The van der Waals surface area contributed by atoms with Crippen LogP contribution in [0.25, 0.3) is 0 Å². The van der Waals surface area contributed by atoms with Gasteiger partial charge in [-0.2, -0.15) is 5.26 Å². The summed E-state index contributed by atoms with van der Waals surface area (Å²) in [7, 11) is 0. The van der Waals surface area contributed by atoms with E-state index in [0.29, 0.717) is 0 Å². The Labute approximate surface area is 86.6 Å². The van der Waals surface area contributed by atoms with Crippen LogP contribution in [0, 0.1) is 17.2 Å². The van der Waals surface area contributed by atoms with Crippen LogP contribution in [0.5, 0.6) is 0 Å². The third-order valence-electron chi connectivity index (χ3n) is 1.78. The minimum atomic E-state index is 0.259. The van der Waals surface area contributed by atoms with Gasteiger partial charge in [0.2, 0.25) is 0 Å². The Balaban J connectivity index is 0.000000249. The molecule has 0 aliphatic carbocycles. The Bertz CT molecular complexity index is 212. The van der Waals surface area contributed by atoms with Gasteiger partial charge in [0.25, 0.3) is 0 Å². The minimum Gasteiger partial charge on any atom is -0.265 e. The summed E-state index contributed by atoms with van der Waals surface area (Å²) in [5.41, 5.74) is 0. The molecular formula is C12H18N2. The summed E-state index contributed by atoms with van der Waals surface area (Å²) in [5.74, 6) is 0.259. The van der Waals surface area contributed by atoms with Crippen LogP contribution in [0.2, 0.25) is 0 Å². The molecule has 14 heavy (non-hydrogen) atoms. The molecule has 0 N–H and O–H groups in total. The number of hydrogen-bond acceptors (Lipinski definition) is 2. The molecule has 2 heteroatoms. The second kappa shape index (κ2) is 9.73. The molecule has 76 valence electrons. The maximum absolute atomic E-state index is 8.31. The Morgan fingerprint density at radius 3 is 2.21 bits per heavy atom. The SMILES string of the molecule is CCCCC(C)C#N.c1ccncc1. The van der Waals surface area contributed by atoms with Crippen molar-refractivity contribution in [3.05, 3.63) is 30.6 Å². The van der Waals surface area contributed by atoms with E-state index in [-0.39, 0.29) is 5.92 Å². The van der Waals surface area contributed by atoms with E-state index < -0.39 is 0 Å². The molecule has 1 rings (SSSR count). The Morgan fingerprint density at radius 2 is 1.93 bits per heavy atom. The summed E-state index contributed by atoms with van der Waals surface area (Å²) >= 11 is 0. The van der Waals surface area contributed by atoms with Crippen molar-refractivity contribution in [2.24, 2.45) is 5.92 Å². The van der Waals surface area contributed by atoms with Crippen LogP contribution in [-0.2, 0) is 0 Å². The van der Waals surface area contributed by atoms with Crippen molar-refractivity contribution in [3.8, 4) is 6.07 Å². The lowest BCUT2D eigenvalue weighted by Crippen LogP contribution is -1.87. The fourth-order valence-corrected chi connectivity index (χ4v) is 0.887. The normalized spacial score (nSPS) is 10.6. The molecule has 0 bridgehead atoms. The van der Waals surface area contributed by atoms with Gasteiger partial charge >= 0.3 is 0 Å². The van der Waals surface area contributed by atoms with Gasteiger partial charge in [0, 0.05) is 18.3 Å². The van der Waals surface area contributed by atoms with Crippen LogP contribution in [0.4, 0.5) is 0 Å². The molecule has 0 amide bonds. The first-order valence-corrected chi connectivity index (χ1v) is 5.05. The Morgan fingerprint density at radius 1 is 1.29 bits per heavy atom. The zero-order valence-electron chi connectivity index (χ0n) is 8.98. The number of nitrogens with zero attached hydrogens (tertiary/aromatic N) is 2. The van der Waals surface area contributed by atoms with Gasteiger partial charge in [-0.05, 0) is 25.5 Å². The molecular weight excluding hydrogens is 172 g/mol. The third-order valence-corrected chi connectivity index (χ3v) is 1.78. The summed E-state index contributed by atoms with van der Waals surface area (Å²) in [6.07, 6.45) is 6.95. The molecule has 0 fully saturated rings. The Hall–Kier alpha value is -1.36. The third kappa shape index (κ3) is 8.73. The predicted molar refractivity (Wildman–Crippen MR) is 58.5 cm³/mol. The van der Waals surface area contributed by atoms with E-state index in [1.54, 1.807) is 12.4 Å². The van der Waals surface area contributed by atoms with Gasteiger partial charge in [0.05, 0.1) is 6.07 Å². The fourth-order valence-electron chi connectivity index (χ4n) is 0.887. The van der Waals surface area contributed by atoms with E-state index in [1.165, 1.54) is 12.8 Å². The molecule has 0 aliphatic rings. The van der Waals surface area contributed by atoms with Crippen LogP contribution in [-0.4, -0.2) is 4.98 Å². The average Bonchev–Trinajstić information content (AvgIpc) is 2.29. The molecule has 0 saturated carbocycles. The molecule has 0 saturated heterocycles. The molecule has 1 aromatic rings. The van der Waals surface area contributed by atoms with Gasteiger partial charge in [-0.15, -0.1) is 0 Å². The standard InChI is InChI=1S/C7H13N.C5H5N/c1-3-4-5-7(2)6-8;1-2-4-6-5-3-1/h7H,3-5H2,1-2H3;1-5H. The highest BCUT2D eigenvalue weighted by Crippen LogP contribution is 2.04. The molecule has 1 atom stereocenters. The van der Waals surface area contributed by atoms with E-state index in [9.17, 15) is 0 Å². The smallest absolute Gasteiger partial charge is 0.0652 e. The summed E-state index contributed by atoms with van der Waals surface area (Å²) in [5, 5.41) is 8.31. The largest absolute Gasteiger partial charge is 0.265 e. The van der Waals surface area contributed by atoms with Gasteiger partial charge in [-0.3, -0.25) is 4.98 Å². The molecule has 1 heterocycles. The van der Waals surface area contributed by atoms with Gasteiger partial charge in [-0.25, -0.2) is 0 Å². The fraction of sp³-hybridized carbons (Fsp3) is 0.500. The van der Waals surface area contributed by atoms with Gasteiger partial charge < -0.3 is 0 Å². The number of rotatable bonds is 3. The molecule has 0 aromatic carbocycles. The summed E-state index contributed by atoms with van der Waals surface area (Å²) < 4.78 is 0. The van der Waals surface area contributed by atoms with Crippen molar-refractivity contribution in [1.29, 1.82) is 5.26 Å². The van der Waals surface area contributed by atoms with Crippen molar-refractivity contribution < 1.29 is 0 Å². The van der Waals surface area contributed by atoms with E-state index in [4.69, 9.17) is 5.26 Å². The first kappa shape index (κ1) is 12.6. The molecule has 1 aromatic heterocycles. The van der Waals surface area contributed by atoms with E-state index in [2.05, 4.69) is 18.0 Å². The lowest BCUT2D eigenvalue weighted by atomic mass is 10.1. The first-order valence-electron chi connectivity index (χ1n) is 5.05. The van der Waals surface area contributed by atoms with Crippen molar-refractivity contribution in [3.63, 3.8) is 0 Å². The average molecular weight is 190 g/mol. The molecule has 0 aliphatic heterocycles. The number of hydrogen-bond donors (Lipinski definition) is 0. The highest BCUT2D eigenvalue weighted by atomic mass is 14.6. The summed E-state index contributed by atoms with van der Waals surface area (Å²) in [4.78, 5) is 3.78. The monoisotopic (exact) mass is 190 g/mol. The van der Waals surface area contributed by atoms with Crippen LogP contribution in [0.1, 0.15) is 33.1 Å². The van der Waals surface area contributed by atoms with Crippen molar-refractivity contribution in [2.45, 2.75) is 33.1 Å². The van der Waals surface area contributed by atoms with E-state index >= 15 is 0 Å². The zero-order valence-corrected chi connectivity index (χ0v) is 8.98. The number of pyridine rings is 1. The maximum atomic E-state index is 8.31. The highest BCUT2D eigenvalue weighted by Gasteiger charge is 1.95.